The minimum absolute atomic E-state index is 0.200. The van der Waals surface area contributed by atoms with Gasteiger partial charge in [-0.15, -0.1) is 0 Å². The van der Waals surface area contributed by atoms with E-state index in [1.165, 1.54) is 6.07 Å². The van der Waals surface area contributed by atoms with E-state index in [2.05, 4.69) is 5.32 Å². The number of nitrogens with two attached hydrogens (primary N) is 1. The van der Waals surface area contributed by atoms with E-state index in [-0.39, 0.29) is 17.7 Å². The Morgan fingerprint density at radius 3 is 3.00 bits per heavy atom. The lowest BCUT2D eigenvalue weighted by Gasteiger charge is -2.29. The molecule has 98 valence electrons. The van der Waals surface area contributed by atoms with Crippen LogP contribution in [0.1, 0.15) is 30.1 Å². The van der Waals surface area contributed by atoms with Crippen molar-refractivity contribution in [2.75, 3.05) is 17.7 Å². The molecule has 0 saturated carbocycles. The maximum atomic E-state index is 11.1. The van der Waals surface area contributed by atoms with Crippen LogP contribution in [0, 0.1) is 0 Å². The molecule has 0 bridgehead atoms. The minimum Gasteiger partial charge on any atom is -0.478 e. The molecular weight excluding hydrogens is 232 g/mol. The van der Waals surface area contributed by atoms with E-state index < -0.39 is 5.97 Å². The normalized spacial score (nSPS) is 23.6. The van der Waals surface area contributed by atoms with Gasteiger partial charge in [0.25, 0.3) is 0 Å². The molecule has 1 saturated heterocycles. The van der Waals surface area contributed by atoms with Gasteiger partial charge in [0.15, 0.2) is 0 Å². The minimum atomic E-state index is -0.947. The number of rotatable bonds is 3. The molecule has 2 unspecified atom stereocenters. The van der Waals surface area contributed by atoms with Gasteiger partial charge in [0.2, 0.25) is 0 Å². The summed E-state index contributed by atoms with van der Waals surface area (Å²) in [6.45, 7) is 2.72. The molecule has 1 aromatic rings. The van der Waals surface area contributed by atoms with E-state index in [4.69, 9.17) is 15.6 Å². The third-order valence-corrected chi connectivity index (χ3v) is 3.12. The summed E-state index contributed by atoms with van der Waals surface area (Å²) >= 11 is 0. The van der Waals surface area contributed by atoms with Crippen molar-refractivity contribution in [3.05, 3.63) is 23.8 Å². The van der Waals surface area contributed by atoms with Gasteiger partial charge in [-0.05, 0) is 38.0 Å². The number of anilines is 2. The van der Waals surface area contributed by atoms with Crippen molar-refractivity contribution >= 4 is 17.3 Å². The zero-order chi connectivity index (χ0) is 13.1. The highest BCUT2D eigenvalue weighted by Gasteiger charge is 2.21. The van der Waals surface area contributed by atoms with Crippen LogP contribution in [0.2, 0.25) is 0 Å². The van der Waals surface area contributed by atoms with Crippen LogP contribution < -0.4 is 11.1 Å². The Morgan fingerprint density at radius 1 is 1.56 bits per heavy atom. The smallest absolute Gasteiger partial charge is 0.337 e. The van der Waals surface area contributed by atoms with Crippen LogP contribution in [0.5, 0.6) is 0 Å². The van der Waals surface area contributed by atoms with Gasteiger partial charge in [0.1, 0.15) is 0 Å². The second-order valence-electron chi connectivity index (χ2n) is 4.66. The molecule has 1 aliphatic heterocycles. The summed E-state index contributed by atoms with van der Waals surface area (Å²) in [6, 6.07) is 5.03. The van der Waals surface area contributed by atoms with Crippen LogP contribution in [-0.4, -0.2) is 29.8 Å². The molecule has 0 amide bonds. The first-order valence-electron chi connectivity index (χ1n) is 6.07. The summed E-state index contributed by atoms with van der Waals surface area (Å²) in [7, 11) is 0. The van der Waals surface area contributed by atoms with Crippen LogP contribution in [0.3, 0.4) is 0 Å². The maximum Gasteiger partial charge on any atom is 0.337 e. The molecule has 5 heteroatoms. The van der Waals surface area contributed by atoms with Gasteiger partial charge in [-0.2, -0.15) is 0 Å². The number of carbonyl (C=O) groups is 1. The molecule has 1 heterocycles. The van der Waals surface area contributed by atoms with Crippen molar-refractivity contribution < 1.29 is 14.6 Å². The molecular formula is C13H18N2O3. The standard InChI is InChI=1S/C13H18N2O3/c1-8-6-10(4-5-18-8)15-12-7-9(14)2-3-11(12)13(16)17/h2-3,7-8,10,15H,4-6,14H2,1H3,(H,16,17). The van der Waals surface area contributed by atoms with Gasteiger partial charge in [-0.25, -0.2) is 4.79 Å². The molecule has 0 spiro atoms. The van der Waals surface area contributed by atoms with Crippen LogP contribution in [0.4, 0.5) is 11.4 Å². The average molecular weight is 250 g/mol. The fourth-order valence-electron chi connectivity index (χ4n) is 2.22. The molecule has 2 rings (SSSR count). The van der Waals surface area contributed by atoms with Crippen LogP contribution >= 0.6 is 0 Å². The number of nitrogen functional groups attached to an aromatic ring is 1. The summed E-state index contributed by atoms with van der Waals surface area (Å²) < 4.78 is 5.47. The van der Waals surface area contributed by atoms with Gasteiger partial charge in [0, 0.05) is 18.3 Å². The van der Waals surface area contributed by atoms with E-state index >= 15 is 0 Å². The van der Waals surface area contributed by atoms with E-state index in [9.17, 15) is 4.79 Å². The Labute approximate surface area is 106 Å². The first kappa shape index (κ1) is 12.7. The first-order valence-corrected chi connectivity index (χ1v) is 6.07. The number of benzene rings is 1. The molecule has 18 heavy (non-hydrogen) atoms. The molecule has 0 aliphatic carbocycles. The summed E-state index contributed by atoms with van der Waals surface area (Å²) in [5.74, 6) is -0.947. The first-order chi connectivity index (χ1) is 8.56. The van der Waals surface area contributed by atoms with Crippen LogP contribution in [0.25, 0.3) is 0 Å². The lowest BCUT2D eigenvalue weighted by molar-refractivity contribution is 0.0232. The topological polar surface area (TPSA) is 84.6 Å². The zero-order valence-corrected chi connectivity index (χ0v) is 10.3. The van der Waals surface area contributed by atoms with Crippen molar-refractivity contribution in [3.63, 3.8) is 0 Å². The van der Waals surface area contributed by atoms with Gasteiger partial charge in [-0.3, -0.25) is 0 Å². The molecule has 1 aromatic carbocycles. The van der Waals surface area contributed by atoms with Crippen molar-refractivity contribution in [1.29, 1.82) is 0 Å². The number of nitrogens with one attached hydrogen (secondary N) is 1. The second-order valence-corrected chi connectivity index (χ2v) is 4.66. The lowest BCUT2D eigenvalue weighted by atomic mass is 10.0. The highest BCUT2D eigenvalue weighted by Crippen LogP contribution is 2.24. The van der Waals surface area contributed by atoms with Crippen molar-refractivity contribution in [2.24, 2.45) is 0 Å². The van der Waals surface area contributed by atoms with Crippen molar-refractivity contribution in [2.45, 2.75) is 31.9 Å². The van der Waals surface area contributed by atoms with E-state index in [0.29, 0.717) is 18.0 Å². The number of carboxylic acid groups (broad SMARTS) is 1. The summed E-state index contributed by atoms with van der Waals surface area (Å²) in [6.07, 6.45) is 1.94. The van der Waals surface area contributed by atoms with E-state index in [1.807, 2.05) is 6.92 Å². The molecule has 1 aliphatic rings. The number of carboxylic acids is 1. The highest BCUT2D eigenvalue weighted by atomic mass is 16.5. The van der Waals surface area contributed by atoms with Crippen molar-refractivity contribution in [1.82, 2.24) is 0 Å². The third-order valence-electron chi connectivity index (χ3n) is 3.12. The zero-order valence-electron chi connectivity index (χ0n) is 10.3. The number of hydrogen-bond acceptors (Lipinski definition) is 4. The van der Waals surface area contributed by atoms with Crippen LogP contribution in [0.15, 0.2) is 18.2 Å². The van der Waals surface area contributed by atoms with E-state index in [0.717, 1.165) is 12.8 Å². The maximum absolute atomic E-state index is 11.1. The number of hydrogen-bond donors (Lipinski definition) is 3. The second kappa shape index (κ2) is 5.27. The average Bonchev–Trinajstić information content (AvgIpc) is 2.28. The quantitative estimate of drug-likeness (QED) is 0.714. The SMILES string of the molecule is CC1CC(Nc2cc(N)ccc2C(=O)O)CCO1. The fourth-order valence-corrected chi connectivity index (χ4v) is 2.22. The summed E-state index contributed by atoms with van der Waals surface area (Å²) in [5, 5.41) is 12.4. The Kier molecular flexibility index (Phi) is 3.72. The monoisotopic (exact) mass is 250 g/mol. The number of aromatic carboxylic acids is 1. The third kappa shape index (κ3) is 2.92. The Hall–Kier alpha value is -1.75. The highest BCUT2D eigenvalue weighted by molar-refractivity contribution is 5.95. The van der Waals surface area contributed by atoms with Gasteiger partial charge >= 0.3 is 5.97 Å². The van der Waals surface area contributed by atoms with Gasteiger partial charge < -0.3 is 20.9 Å². The molecule has 2 atom stereocenters. The Morgan fingerprint density at radius 2 is 2.33 bits per heavy atom. The van der Waals surface area contributed by atoms with Gasteiger partial charge in [-0.1, -0.05) is 0 Å². The molecule has 4 N–H and O–H groups in total. The summed E-state index contributed by atoms with van der Waals surface area (Å²) in [5.41, 5.74) is 7.10. The lowest BCUT2D eigenvalue weighted by Crippen LogP contribution is -2.33. The largest absolute Gasteiger partial charge is 0.478 e. The Balaban J connectivity index is 2.16. The molecule has 0 aromatic heterocycles. The molecule has 5 nitrogen and oxygen atoms in total. The van der Waals surface area contributed by atoms with Crippen LogP contribution in [-0.2, 0) is 4.74 Å². The summed E-state index contributed by atoms with van der Waals surface area (Å²) in [4.78, 5) is 11.1. The Bertz CT molecular complexity index is 448. The molecule has 0 radical (unpaired) electrons. The van der Waals surface area contributed by atoms with Crippen molar-refractivity contribution in [3.8, 4) is 0 Å². The van der Waals surface area contributed by atoms with Gasteiger partial charge in [0.05, 0.1) is 17.4 Å². The number of ether oxygens (including phenoxy) is 1. The predicted octanol–water partition coefficient (Wildman–Crippen LogP) is 1.95. The molecule has 1 fully saturated rings. The fraction of sp³-hybridized carbons (Fsp3) is 0.462. The predicted molar refractivity (Wildman–Crippen MR) is 69.9 cm³/mol. The van der Waals surface area contributed by atoms with E-state index in [1.54, 1.807) is 12.1 Å².